The summed E-state index contributed by atoms with van der Waals surface area (Å²) in [5, 5.41) is 22.2. The van der Waals surface area contributed by atoms with Crippen molar-refractivity contribution in [3.63, 3.8) is 0 Å². The van der Waals surface area contributed by atoms with E-state index in [4.69, 9.17) is 4.74 Å². The van der Waals surface area contributed by atoms with Crippen LogP contribution in [-0.2, 0) is 17.0 Å². The smallest absolute Gasteiger partial charge is 0.228 e. The van der Waals surface area contributed by atoms with Crippen LogP contribution in [0, 0.1) is 0 Å². The maximum atomic E-state index is 5.89. The number of anilines is 1. The number of aromatic nitrogens is 7. The van der Waals surface area contributed by atoms with Gasteiger partial charge in [-0.1, -0.05) is 11.8 Å². The van der Waals surface area contributed by atoms with Gasteiger partial charge in [0, 0.05) is 19.7 Å². The van der Waals surface area contributed by atoms with E-state index in [1.807, 2.05) is 4.68 Å². The van der Waals surface area contributed by atoms with Crippen LogP contribution in [0.5, 0.6) is 0 Å². The molecule has 0 N–H and O–H groups in total. The maximum absolute atomic E-state index is 5.89. The summed E-state index contributed by atoms with van der Waals surface area (Å²) in [4.78, 5) is 2.38. The normalized spacial score (nSPS) is 23.3. The van der Waals surface area contributed by atoms with Crippen LogP contribution >= 0.6 is 11.8 Å². The summed E-state index contributed by atoms with van der Waals surface area (Å²) in [7, 11) is 0. The number of ether oxygens (including phenoxy) is 1. The Hall–Kier alpha value is -1.68. The molecule has 5 rings (SSSR count). The second-order valence-electron chi connectivity index (χ2n) is 7.64. The van der Waals surface area contributed by atoms with Crippen LogP contribution in [-0.4, -0.2) is 60.8 Å². The van der Waals surface area contributed by atoms with E-state index in [1.54, 1.807) is 11.8 Å². The van der Waals surface area contributed by atoms with Crippen molar-refractivity contribution in [3.05, 3.63) is 5.82 Å². The minimum atomic E-state index is 0.265. The van der Waals surface area contributed by atoms with E-state index in [0.29, 0.717) is 11.8 Å². The Morgan fingerprint density at radius 1 is 1.00 bits per heavy atom. The molecule has 0 aromatic carbocycles. The van der Waals surface area contributed by atoms with Gasteiger partial charge >= 0.3 is 0 Å². The molecule has 9 nitrogen and oxygen atoms in total. The number of tetrazole rings is 1. The third-order valence-corrected chi connectivity index (χ3v) is 6.49. The third kappa shape index (κ3) is 3.82. The molecule has 4 heterocycles. The quantitative estimate of drug-likeness (QED) is 0.664. The van der Waals surface area contributed by atoms with Crippen molar-refractivity contribution in [2.45, 2.75) is 74.5 Å². The van der Waals surface area contributed by atoms with Gasteiger partial charge in [-0.2, -0.15) is 0 Å². The average Bonchev–Trinajstić information content (AvgIpc) is 3.10. The van der Waals surface area contributed by atoms with Gasteiger partial charge in [-0.05, 0) is 55.4 Å². The Morgan fingerprint density at radius 3 is 2.67 bits per heavy atom. The fourth-order valence-electron chi connectivity index (χ4n) is 3.91. The SMILES string of the molecule is C1CCN(c2nnc(SCc3nnnn3C3CC3)n2CC2CCCO2)CC1. The lowest BCUT2D eigenvalue weighted by molar-refractivity contribution is 0.0951. The van der Waals surface area contributed by atoms with Crippen LogP contribution in [0.25, 0.3) is 0 Å². The number of hydrogen-bond donors (Lipinski definition) is 0. The molecule has 2 aromatic rings. The molecule has 1 saturated carbocycles. The van der Waals surface area contributed by atoms with Gasteiger partial charge in [0.1, 0.15) is 0 Å². The Labute approximate surface area is 162 Å². The monoisotopic (exact) mass is 390 g/mol. The largest absolute Gasteiger partial charge is 0.376 e. The van der Waals surface area contributed by atoms with Crippen LogP contribution < -0.4 is 4.90 Å². The Morgan fingerprint density at radius 2 is 1.89 bits per heavy atom. The zero-order chi connectivity index (χ0) is 18.1. The van der Waals surface area contributed by atoms with Crippen LogP contribution in [0.15, 0.2) is 5.16 Å². The molecule has 1 unspecified atom stereocenters. The molecule has 2 saturated heterocycles. The molecule has 0 bridgehead atoms. The number of thioether (sulfide) groups is 1. The molecule has 0 spiro atoms. The van der Waals surface area contributed by atoms with Gasteiger partial charge in [-0.15, -0.1) is 15.3 Å². The average molecular weight is 391 g/mol. The number of nitrogens with zero attached hydrogens (tertiary/aromatic N) is 8. The highest BCUT2D eigenvalue weighted by Gasteiger charge is 2.29. The highest BCUT2D eigenvalue weighted by atomic mass is 32.2. The minimum absolute atomic E-state index is 0.265. The van der Waals surface area contributed by atoms with Crippen LogP contribution in [0.3, 0.4) is 0 Å². The molecular weight excluding hydrogens is 364 g/mol. The molecule has 2 aliphatic heterocycles. The summed E-state index contributed by atoms with van der Waals surface area (Å²) in [5.74, 6) is 2.64. The van der Waals surface area contributed by atoms with E-state index in [0.717, 1.165) is 56.0 Å². The summed E-state index contributed by atoms with van der Waals surface area (Å²) in [5.41, 5.74) is 0. The van der Waals surface area contributed by atoms with Crippen LogP contribution in [0.2, 0.25) is 0 Å². The van der Waals surface area contributed by atoms with E-state index in [9.17, 15) is 0 Å². The minimum Gasteiger partial charge on any atom is -0.376 e. The summed E-state index contributed by atoms with van der Waals surface area (Å²) >= 11 is 1.68. The van der Waals surface area contributed by atoms with Crippen molar-refractivity contribution >= 4 is 17.7 Å². The van der Waals surface area contributed by atoms with Crippen molar-refractivity contribution < 1.29 is 4.74 Å². The van der Waals surface area contributed by atoms with E-state index in [2.05, 4.69) is 35.2 Å². The van der Waals surface area contributed by atoms with E-state index in [-0.39, 0.29) is 6.10 Å². The van der Waals surface area contributed by atoms with Gasteiger partial charge in [0.15, 0.2) is 11.0 Å². The van der Waals surface area contributed by atoms with Crippen LogP contribution in [0.1, 0.15) is 56.8 Å². The molecule has 3 aliphatic rings. The first-order valence-electron chi connectivity index (χ1n) is 10.1. The van der Waals surface area contributed by atoms with Gasteiger partial charge in [-0.25, -0.2) is 4.68 Å². The van der Waals surface area contributed by atoms with E-state index >= 15 is 0 Å². The molecular formula is C17H26N8OS. The Kier molecular flexibility index (Phi) is 5.00. The molecule has 10 heteroatoms. The zero-order valence-electron chi connectivity index (χ0n) is 15.5. The van der Waals surface area contributed by atoms with Crippen molar-refractivity contribution in [2.24, 2.45) is 0 Å². The molecule has 0 amide bonds. The fraction of sp³-hybridized carbons (Fsp3) is 0.824. The second kappa shape index (κ2) is 7.75. The Balaban J connectivity index is 1.35. The third-order valence-electron chi connectivity index (χ3n) is 5.53. The first kappa shape index (κ1) is 17.4. The molecule has 2 aromatic heterocycles. The van der Waals surface area contributed by atoms with E-state index in [1.165, 1.54) is 32.1 Å². The van der Waals surface area contributed by atoms with Crippen molar-refractivity contribution in [1.82, 2.24) is 35.0 Å². The molecule has 1 atom stereocenters. The van der Waals surface area contributed by atoms with Gasteiger partial charge in [0.05, 0.1) is 24.4 Å². The summed E-state index contributed by atoms with van der Waals surface area (Å²) in [6, 6.07) is 0.490. The number of piperidine rings is 1. The zero-order valence-corrected chi connectivity index (χ0v) is 16.4. The molecule has 146 valence electrons. The van der Waals surface area contributed by atoms with Gasteiger partial charge < -0.3 is 9.64 Å². The lowest BCUT2D eigenvalue weighted by Crippen LogP contribution is -2.33. The van der Waals surface area contributed by atoms with Crippen LogP contribution in [0.4, 0.5) is 5.95 Å². The first-order valence-corrected chi connectivity index (χ1v) is 11.1. The van der Waals surface area contributed by atoms with Crippen molar-refractivity contribution in [2.75, 3.05) is 24.6 Å². The fourth-order valence-corrected chi connectivity index (χ4v) is 4.77. The predicted octanol–water partition coefficient (Wildman–Crippen LogP) is 2.06. The van der Waals surface area contributed by atoms with Gasteiger partial charge in [0.2, 0.25) is 5.95 Å². The standard InChI is InChI=1S/C17H26N8OS/c1-2-8-23(9-3-1)16-19-20-17(24(16)11-14-5-4-10-26-14)27-12-15-18-21-22-25(15)13-6-7-13/h13-14H,1-12H2. The van der Waals surface area contributed by atoms with E-state index < -0.39 is 0 Å². The molecule has 27 heavy (non-hydrogen) atoms. The summed E-state index contributed by atoms with van der Waals surface area (Å²) in [6.07, 6.45) is 8.64. The number of hydrogen-bond acceptors (Lipinski definition) is 8. The lowest BCUT2D eigenvalue weighted by Gasteiger charge is -2.28. The first-order chi connectivity index (χ1) is 13.4. The van der Waals surface area contributed by atoms with Gasteiger partial charge in [0.25, 0.3) is 0 Å². The number of rotatable bonds is 7. The van der Waals surface area contributed by atoms with Crippen molar-refractivity contribution in [3.8, 4) is 0 Å². The van der Waals surface area contributed by atoms with Crippen molar-refractivity contribution in [1.29, 1.82) is 0 Å². The highest BCUT2D eigenvalue weighted by molar-refractivity contribution is 7.98. The summed E-state index contributed by atoms with van der Waals surface area (Å²) in [6.45, 7) is 3.82. The second-order valence-corrected chi connectivity index (χ2v) is 8.58. The molecule has 1 aliphatic carbocycles. The summed E-state index contributed by atoms with van der Waals surface area (Å²) < 4.78 is 10.1. The van der Waals surface area contributed by atoms with Gasteiger partial charge in [-0.3, -0.25) is 4.57 Å². The lowest BCUT2D eigenvalue weighted by atomic mass is 10.1. The Bertz CT molecular complexity index is 761. The maximum Gasteiger partial charge on any atom is 0.228 e. The topological polar surface area (TPSA) is 86.8 Å². The molecule has 0 radical (unpaired) electrons. The molecule has 3 fully saturated rings. The highest BCUT2D eigenvalue weighted by Crippen LogP contribution is 2.35. The predicted molar refractivity (Wildman–Crippen MR) is 101 cm³/mol.